The lowest BCUT2D eigenvalue weighted by Crippen LogP contribution is -2.08. The van der Waals surface area contributed by atoms with Gasteiger partial charge >= 0.3 is 0 Å². The molecule has 0 radical (unpaired) electrons. The summed E-state index contributed by atoms with van der Waals surface area (Å²) in [7, 11) is 0. The van der Waals surface area contributed by atoms with Crippen molar-refractivity contribution in [3.8, 4) is 11.5 Å². The fourth-order valence-electron chi connectivity index (χ4n) is 2.61. The molecule has 1 N–H and O–H groups in total. The normalized spacial score (nSPS) is 18.6. The molecule has 0 heterocycles. The molecule has 106 valence electrons. The van der Waals surface area contributed by atoms with Crippen molar-refractivity contribution in [1.29, 1.82) is 0 Å². The van der Waals surface area contributed by atoms with Gasteiger partial charge in [-0.05, 0) is 44.7 Å². The Morgan fingerprint density at radius 3 is 2.68 bits per heavy atom. The summed E-state index contributed by atoms with van der Waals surface area (Å²) in [4.78, 5) is 0. The van der Waals surface area contributed by atoms with E-state index in [0.717, 1.165) is 52.8 Å². The molecule has 0 spiro atoms. The molecule has 0 saturated carbocycles. The average Bonchev–Trinajstić information content (AvgIpc) is 2.57. The Morgan fingerprint density at radius 1 is 1.26 bits per heavy atom. The molecule has 0 aromatic heterocycles. The Kier molecular flexibility index (Phi) is 5.11. The van der Waals surface area contributed by atoms with E-state index in [0.29, 0.717) is 13.2 Å². The highest BCUT2D eigenvalue weighted by atomic mass is 79.9. The first-order valence-electron chi connectivity index (χ1n) is 6.97. The number of hydrogen-bond acceptors (Lipinski definition) is 3. The molecule has 1 aliphatic carbocycles. The minimum atomic E-state index is -0.462. The number of aliphatic hydroxyl groups is 1. The number of rotatable bonds is 4. The van der Waals surface area contributed by atoms with E-state index in [4.69, 9.17) is 9.47 Å². The van der Waals surface area contributed by atoms with Gasteiger partial charge in [-0.3, -0.25) is 0 Å². The summed E-state index contributed by atoms with van der Waals surface area (Å²) in [5.74, 6) is 1.44. The van der Waals surface area contributed by atoms with E-state index in [9.17, 15) is 5.11 Å². The van der Waals surface area contributed by atoms with Crippen LogP contribution in [-0.4, -0.2) is 18.3 Å². The smallest absolute Gasteiger partial charge is 0.167 e. The molecule has 1 aromatic carbocycles. The summed E-state index contributed by atoms with van der Waals surface area (Å²) in [6.45, 7) is 5.06. The van der Waals surface area contributed by atoms with E-state index in [2.05, 4.69) is 15.9 Å². The van der Waals surface area contributed by atoms with Crippen molar-refractivity contribution in [2.75, 3.05) is 13.2 Å². The Balaban J connectivity index is 2.58. The Morgan fingerprint density at radius 2 is 2.00 bits per heavy atom. The number of hydrogen-bond donors (Lipinski definition) is 1. The van der Waals surface area contributed by atoms with Gasteiger partial charge in [0.1, 0.15) is 0 Å². The average molecular weight is 329 g/mol. The highest BCUT2D eigenvalue weighted by Crippen LogP contribution is 2.45. The Hall–Kier alpha value is -0.740. The molecule has 4 heteroatoms. The van der Waals surface area contributed by atoms with E-state index in [1.807, 2.05) is 19.9 Å². The topological polar surface area (TPSA) is 38.7 Å². The third-order valence-electron chi connectivity index (χ3n) is 3.42. The van der Waals surface area contributed by atoms with E-state index in [1.54, 1.807) is 0 Å². The Labute approximate surface area is 123 Å². The maximum atomic E-state index is 10.4. The van der Waals surface area contributed by atoms with Crippen molar-refractivity contribution < 1.29 is 14.6 Å². The zero-order valence-corrected chi connectivity index (χ0v) is 13.1. The molecule has 19 heavy (non-hydrogen) atoms. The van der Waals surface area contributed by atoms with Crippen LogP contribution in [-0.2, 0) is 6.42 Å². The van der Waals surface area contributed by atoms with E-state index < -0.39 is 6.10 Å². The Bertz CT molecular complexity index is 446. The van der Waals surface area contributed by atoms with E-state index in [-0.39, 0.29) is 0 Å². The minimum absolute atomic E-state index is 0.462. The van der Waals surface area contributed by atoms with Gasteiger partial charge < -0.3 is 14.6 Å². The minimum Gasteiger partial charge on any atom is -0.490 e. The van der Waals surface area contributed by atoms with E-state index in [1.165, 1.54) is 0 Å². The van der Waals surface area contributed by atoms with Crippen LogP contribution in [0.3, 0.4) is 0 Å². The first-order chi connectivity index (χ1) is 9.19. The standard InChI is InChI=1S/C15H21BrO3/c1-3-18-13-9-11(16)10-7-5-6-8-12(17)14(10)15(13)19-4-2/h9,12,17H,3-8H2,1-2H3/t12-/m0/s1. The zero-order valence-electron chi connectivity index (χ0n) is 11.5. The molecule has 0 bridgehead atoms. The van der Waals surface area contributed by atoms with Gasteiger partial charge in [-0.2, -0.15) is 0 Å². The fraction of sp³-hybridized carbons (Fsp3) is 0.600. The summed E-state index contributed by atoms with van der Waals surface area (Å²) in [6.07, 6.45) is 3.44. The van der Waals surface area contributed by atoms with Gasteiger partial charge in [0.25, 0.3) is 0 Å². The van der Waals surface area contributed by atoms with Crippen molar-refractivity contribution in [1.82, 2.24) is 0 Å². The van der Waals surface area contributed by atoms with Gasteiger partial charge in [0.15, 0.2) is 11.5 Å². The maximum absolute atomic E-state index is 10.4. The van der Waals surface area contributed by atoms with Crippen LogP contribution in [0.1, 0.15) is 50.3 Å². The quantitative estimate of drug-likeness (QED) is 0.849. The number of halogens is 1. The predicted octanol–water partition coefficient (Wildman–Crippen LogP) is 4.01. The largest absolute Gasteiger partial charge is 0.490 e. The summed E-state index contributed by atoms with van der Waals surface area (Å²) in [5.41, 5.74) is 2.08. The van der Waals surface area contributed by atoms with Gasteiger partial charge in [-0.15, -0.1) is 0 Å². The number of aliphatic hydroxyl groups excluding tert-OH is 1. The molecule has 1 aromatic rings. The van der Waals surface area contributed by atoms with Crippen LogP contribution in [0.2, 0.25) is 0 Å². The molecule has 0 fully saturated rings. The molecule has 0 saturated heterocycles. The van der Waals surface area contributed by atoms with Crippen LogP contribution in [0.15, 0.2) is 10.5 Å². The molecular weight excluding hydrogens is 308 g/mol. The third kappa shape index (κ3) is 3.06. The van der Waals surface area contributed by atoms with Crippen LogP contribution in [0.5, 0.6) is 11.5 Å². The summed E-state index contributed by atoms with van der Waals surface area (Å²) >= 11 is 3.60. The van der Waals surface area contributed by atoms with Gasteiger partial charge in [0.2, 0.25) is 0 Å². The van der Waals surface area contributed by atoms with Gasteiger partial charge in [-0.25, -0.2) is 0 Å². The lowest BCUT2D eigenvalue weighted by atomic mass is 9.99. The van der Waals surface area contributed by atoms with Crippen molar-refractivity contribution >= 4 is 15.9 Å². The monoisotopic (exact) mass is 328 g/mol. The van der Waals surface area contributed by atoms with Crippen molar-refractivity contribution in [3.05, 3.63) is 21.7 Å². The van der Waals surface area contributed by atoms with Crippen LogP contribution in [0, 0.1) is 0 Å². The van der Waals surface area contributed by atoms with E-state index >= 15 is 0 Å². The summed E-state index contributed by atoms with van der Waals surface area (Å²) in [6, 6.07) is 1.96. The molecular formula is C15H21BrO3. The fourth-order valence-corrected chi connectivity index (χ4v) is 3.23. The third-order valence-corrected chi connectivity index (χ3v) is 4.12. The summed E-state index contributed by atoms with van der Waals surface area (Å²) < 4.78 is 12.4. The molecule has 0 amide bonds. The van der Waals surface area contributed by atoms with Crippen LogP contribution in [0.25, 0.3) is 0 Å². The van der Waals surface area contributed by atoms with Crippen molar-refractivity contribution in [3.63, 3.8) is 0 Å². The molecule has 3 nitrogen and oxygen atoms in total. The van der Waals surface area contributed by atoms with Crippen molar-refractivity contribution in [2.45, 2.75) is 45.6 Å². The van der Waals surface area contributed by atoms with Crippen LogP contribution < -0.4 is 9.47 Å². The van der Waals surface area contributed by atoms with Crippen molar-refractivity contribution in [2.24, 2.45) is 0 Å². The van der Waals surface area contributed by atoms with Gasteiger partial charge in [-0.1, -0.05) is 22.4 Å². The lowest BCUT2D eigenvalue weighted by Gasteiger charge is -2.21. The number of benzene rings is 1. The lowest BCUT2D eigenvalue weighted by molar-refractivity contribution is 0.159. The first kappa shape index (κ1) is 14.7. The highest BCUT2D eigenvalue weighted by Gasteiger charge is 2.26. The van der Waals surface area contributed by atoms with Gasteiger partial charge in [0, 0.05) is 10.0 Å². The number of ether oxygens (including phenoxy) is 2. The molecule has 2 rings (SSSR count). The summed E-state index contributed by atoms with van der Waals surface area (Å²) in [5, 5.41) is 10.4. The SMILES string of the molecule is CCOc1cc(Br)c2c(c1OCC)[C@@H](O)CCCC2. The van der Waals surface area contributed by atoms with Crippen LogP contribution >= 0.6 is 15.9 Å². The molecule has 0 unspecified atom stereocenters. The first-order valence-corrected chi connectivity index (χ1v) is 7.77. The molecule has 1 atom stereocenters. The highest BCUT2D eigenvalue weighted by molar-refractivity contribution is 9.10. The molecule has 0 aliphatic heterocycles. The second-order valence-corrected chi connectivity index (χ2v) is 5.56. The van der Waals surface area contributed by atoms with Gasteiger partial charge in [0.05, 0.1) is 19.3 Å². The maximum Gasteiger partial charge on any atom is 0.167 e. The second kappa shape index (κ2) is 6.62. The number of fused-ring (bicyclic) bond motifs is 1. The molecule has 1 aliphatic rings. The zero-order chi connectivity index (χ0) is 13.8. The van der Waals surface area contributed by atoms with Crippen LogP contribution in [0.4, 0.5) is 0 Å². The predicted molar refractivity (Wildman–Crippen MR) is 79.0 cm³/mol. The second-order valence-electron chi connectivity index (χ2n) is 4.71.